The van der Waals surface area contributed by atoms with E-state index in [4.69, 9.17) is 16.6 Å². The van der Waals surface area contributed by atoms with Crippen LogP contribution in [0.5, 0.6) is 0 Å². The normalized spacial score (nSPS) is 23.2. The number of aromatic nitrogens is 2. The number of hydrogen-bond donors (Lipinski definition) is 3. The summed E-state index contributed by atoms with van der Waals surface area (Å²) in [6.45, 7) is 1.85. The van der Waals surface area contributed by atoms with Gasteiger partial charge in [0.2, 0.25) is 0 Å². The molecule has 2 aromatic rings. The summed E-state index contributed by atoms with van der Waals surface area (Å²) in [6, 6.07) is 8.68. The standard InChI is InChI=1S/C19H25N5O/c20-18-16(19(21)25)17(23-24(18)15-6-3-9-22-11-15)14-8-7-12-4-1-2-5-13(12)10-14/h1-2,4-5,14-15,22H,3,6-11,20H2,(H2,21,25). The van der Waals surface area contributed by atoms with Crippen molar-refractivity contribution in [3.63, 3.8) is 0 Å². The Balaban J connectivity index is 1.70. The molecule has 1 aliphatic carbocycles. The van der Waals surface area contributed by atoms with Crippen molar-refractivity contribution < 1.29 is 4.79 Å². The van der Waals surface area contributed by atoms with Gasteiger partial charge < -0.3 is 16.8 Å². The van der Waals surface area contributed by atoms with Crippen LogP contribution in [0.2, 0.25) is 0 Å². The van der Waals surface area contributed by atoms with Gasteiger partial charge in [0.1, 0.15) is 11.4 Å². The summed E-state index contributed by atoms with van der Waals surface area (Å²) >= 11 is 0. The average molecular weight is 339 g/mol. The van der Waals surface area contributed by atoms with Crippen molar-refractivity contribution in [2.24, 2.45) is 5.73 Å². The number of carbonyl (C=O) groups is 1. The second-order valence-corrected chi connectivity index (χ2v) is 7.16. The van der Waals surface area contributed by atoms with Crippen LogP contribution in [0.25, 0.3) is 0 Å². The molecule has 1 aromatic carbocycles. The number of nitrogens with zero attached hydrogens (tertiary/aromatic N) is 2. The highest BCUT2D eigenvalue weighted by Gasteiger charge is 2.31. The number of nitrogens with two attached hydrogens (primary N) is 2. The van der Waals surface area contributed by atoms with E-state index >= 15 is 0 Å². The maximum absolute atomic E-state index is 12.1. The van der Waals surface area contributed by atoms with Gasteiger partial charge in [-0.3, -0.25) is 4.79 Å². The maximum atomic E-state index is 12.1. The summed E-state index contributed by atoms with van der Waals surface area (Å²) in [4.78, 5) is 12.1. The number of rotatable bonds is 3. The molecule has 1 fully saturated rings. The fourth-order valence-electron chi connectivity index (χ4n) is 4.26. The fraction of sp³-hybridized carbons (Fsp3) is 0.474. The highest BCUT2D eigenvalue weighted by Crippen LogP contribution is 2.36. The Morgan fingerprint density at radius 2 is 2.04 bits per heavy atom. The van der Waals surface area contributed by atoms with Crippen LogP contribution in [0, 0.1) is 0 Å². The number of nitrogen functional groups attached to an aromatic ring is 1. The molecule has 0 spiro atoms. The monoisotopic (exact) mass is 339 g/mol. The number of fused-ring (bicyclic) bond motifs is 1. The van der Waals surface area contributed by atoms with Gasteiger partial charge in [-0.1, -0.05) is 24.3 Å². The summed E-state index contributed by atoms with van der Waals surface area (Å²) in [5.41, 5.74) is 15.9. The Labute approximate surface area is 147 Å². The lowest BCUT2D eigenvalue weighted by Gasteiger charge is -2.25. The highest BCUT2D eigenvalue weighted by atomic mass is 16.1. The highest BCUT2D eigenvalue weighted by molar-refractivity contribution is 5.98. The molecule has 1 saturated heterocycles. The van der Waals surface area contributed by atoms with Crippen molar-refractivity contribution in [3.05, 3.63) is 46.6 Å². The zero-order valence-corrected chi connectivity index (χ0v) is 14.4. The Kier molecular flexibility index (Phi) is 4.21. The number of piperidine rings is 1. The number of aryl methyl sites for hydroxylation is 1. The van der Waals surface area contributed by atoms with Gasteiger partial charge in [0.25, 0.3) is 5.91 Å². The molecule has 2 unspecified atom stereocenters. The number of nitrogens with one attached hydrogen (secondary N) is 1. The lowest BCUT2D eigenvalue weighted by Crippen LogP contribution is -2.32. The molecule has 6 nitrogen and oxygen atoms in total. The number of primary amides is 1. The summed E-state index contributed by atoms with van der Waals surface area (Å²) in [6.07, 6.45) is 4.95. The molecule has 2 aliphatic rings. The predicted octanol–water partition coefficient (Wildman–Crippen LogP) is 1.76. The molecule has 2 heterocycles. The third kappa shape index (κ3) is 2.91. The Bertz CT molecular complexity index is 791. The lowest BCUT2D eigenvalue weighted by molar-refractivity contribution is 0.0999. The summed E-state index contributed by atoms with van der Waals surface area (Å²) in [5, 5.41) is 8.18. The van der Waals surface area contributed by atoms with Gasteiger partial charge in [-0.15, -0.1) is 0 Å². The first-order valence-corrected chi connectivity index (χ1v) is 9.10. The summed E-state index contributed by atoms with van der Waals surface area (Å²) in [5.74, 6) is 0.147. The van der Waals surface area contributed by atoms with Gasteiger partial charge in [-0.05, 0) is 49.8 Å². The molecule has 1 amide bonds. The largest absolute Gasteiger partial charge is 0.383 e. The van der Waals surface area contributed by atoms with E-state index in [1.54, 1.807) is 0 Å². The lowest BCUT2D eigenvalue weighted by atomic mass is 9.81. The molecule has 4 rings (SSSR count). The van der Waals surface area contributed by atoms with Crippen LogP contribution >= 0.6 is 0 Å². The maximum Gasteiger partial charge on any atom is 0.254 e. The van der Waals surface area contributed by atoms with Gasteiger partial charge in [-0.2, -0.15) is 5.10 Å². The quantitative estimate of drug-likeness (QED) is 0.793. The minimum absolute atomic E-state index is 0.191. The zero-order valence-electron chi connectivity index (χ0n) is 14.4. The molecule has 2 atom stereocenters. The van der Waals surface area contributed by atoms with Crippen molar-refractivity contribution in [1.82, 2.24) is 15.1 Å². The van der Waals surface area contributed by atoms with E-state index in [-0.39, 0.29) is 12.0 Å². The Morgan fingerprint density at radius 3 is 2.76 bits per heavy atom. The molecule has 0 radical (unpaired) electrons. The Morgan fingerprint density at radius 1 is 1.24 bits per heavy atom. The topological polar surface area (TPSA) is 99.0 Å². The number of amides is 1. The van der Waals surface area contributed by atoms with E-state index in [1.165, 1.54) is 11.1 Å². The van der Waals surface area contributed by atoms with E-state index in [0.717, 1.165) is 50.9 Å². The number of benzene rings is 1. The molecule has 25 heavy (non-hydrogen) atoms. The average Bonchev–Trinajstić information content (AvgIpc) is 2.99. The van der Waals surface area contributed by atoms with Crippen LogP contribution in [-0.2, 0) is 12.8 Å². The fourth-order valence-corrected chi connectivity index (χ4v) is 4.26. The van der Waals surface area contributed by atoms with E-state index in [2.05, 4.69) is 29.6 Å². The molecule has 0 saturated carbocycles. The first-order chi connectivity index (χ1) is 12.1. The molecule has 6 heteroatoms. The van der Waals surface area contributed by atoms with Crippen LogP contribution in [0.4, 0.5) is 5.82 Å². The van der Waals surface area contributed by atoms with Crippen LogP contribution in [0.3, 0.4) is 0 Å². The minimum atomic E-state index is -0.471. The van der Waals surface area contributed by atoms with Crippen molar-refractivity contribution >= 4 is 11.7 Å². The zero-order chi connectivity index (χ0) is 17.4. The summed E-state index contributed by atoms with van der Waals surface area (Å²) in [7, 11) is 0. The van der Waals surface area contributed by atoms with Gasteiger partial charge in [0, 0.05) is 12.5 Å². The third-order valence-corrected chi connectivity index (χ3v) is 5.57. The predicted molar refractivity (Wildman–Crippen MR) is 97.5 cm³/mol. The van der Waals surface area contributed by atoms with Gasteiger partial charge in [-0.25, -0.2) is 4.68 Å². The first kappa shape index (κ1) is 16.1. The van der Waals surface area contributed by atoms with Crippen molar-refractivity contribution in [3.8, 4) is 0 Å². The molecular formula is C19H25N5O. The molecule has 132 valence electrons. The van der Waals surface area contributed by atoms with Gasteiger partial charge in [0.15, 0.2) is 0 Å². The molecule has 0 bridgehead atoms. The van der Waals surface area contributed by atoms with Crippen LogP contribution in [-0.4, -0.2) is 28.8 Å². The minimum Gasteiger partial charge on any atom is -0.383 e. The van der Waals surface area contributed by atoms with E-state index < -0.39 is 5.91 Å². The van der Waals surface area contributed by atoms with Gasteiger partial charge >= 0.3 is 0 Å². The number of hydrogen-bond acceptors (Lipinski definition) is 4. The molecule has 5 N–H and O–H groups in total. The summed E-state index contributed by atoms with van der Waals surface area (Å²) < 4.78 is 1.84. The second kappa shape index (κ2) is 6.52. The Hall–Kier alpha value is -2.34. The molecule has 1 aromatic heterocycles. The van der Waals surface area contributed by atoms with Crippen molar-refractivity contribution in [2.45, 2.75) is 44.1 Å². The molecular weight excluding hydrogens is 314 g/mol. The van der Waals surface area contributed by atoms with E-state index in [1.807, 2.05) is 4.68 Å². The smallest absolute Gasteiger partial charge is 0.254 e. The molecule has 1 aliphatic heterocycles. The second-order valence-electron chi connectivity index (χ2n) is 7.16. The van der Waals surface area contributed by atoms with Crippen molar-refractivity contribution in [2.75, 3.05) is 18.8 Å². The number of carbonyl (C=O) groups excluding carboxylic acids is 1. The van der Waals surface area contributed by atoms with Crippen molar-refractivity contribution in [1.29, 1.82) is 0 Å². The van der Waals surface area contributed by atoms with Gasteiger partial charge in [0.05, 0.1) is 11.7 Å². The van der Waals surface area contributed by atoms with Crippen LogP contribution < -0.4 is 16.8 Å². The first-order valence-electron chi connectivity index (χ1n) is 9.10. The third-order valence-electron chi connectivity index (χ3n) is 5.57. The van der Waals surface area contributed by atoms with Crippen LogP contribution in [0.15, 0.2) is 24.3 Å². The van der Waals surface area contributed by atoms with Crippen LogP contribution in [0.1, 0.15) is 58.4 Å². The number of anilines is 1. The van der Waals surface area contributed by atoms with E-state index in [9.17, 15) is 4.79 Å². The van der Waals surface area contributed by atoms with E-state index in [0.29, 0.717) is 11.4 Å². The SMILES string of the molecule is NC(=O)c1c(C2CCc3ccccc3C2)nn(C2CCCNC2)c1N.